The van der Waals surface area contributed by atoms with Gasteiger partial charge in [-0.05, 0) is 108 Å². The zero-order valence-electron chi connectivity index (χ0n) is 27.1. The Bertz CT molecular complexity index is 2490. The Morgan fingerprint density at radius 1 is 0.327 bits per heavy atom. The second kappa shape index (κ2) is 10.9. The molecule has 230 valence electrons. The largest absolute Gasteiger partial charge is 0.337 e. The van der Waals surface area contributed by atoms with Crippen LogP contribution in [0.25, 0.3) is 44.2 Å². The highest BCUT2D eigenvalue weighted by molar-refractivity contribution is 6.00. The van der Waals surface area contributed by atoms with Gasteiger partial charge in [0.25, 0.3) is 0 Å². The predicted molar refractivity (Wildman–Crippen MR) is 204 cm³/mol. The Morgan fingerprint density at radius 2 is 0.776 bits per heavy atom. The van der Waals surface area contributed by atoms with E-state index in [9.17, 15) is 0 Å². The Kier molecular flexibility index (Phi) is 6.22. The van der Waals surface area contributed by atoms with Gasteiger partial charge in [0.2, 0.25) is 0 Å². The molecule has 0 fully saturated rings. The average Bonchev–Trinajstić information content (AvgIpc) is 3.40. The molecule has 0 aromatic heterocycles. The van der Waals surface area contributed by atoms with Gasteiger partial charge in [0, 0.05) is 17.9 Å². The lowest BCUT2D eigenvalue weighted by Crippen LogP contribution is -2.29. The molecule has 0 aliphatic heterocycles. The van der Waals surface area contributed by atoms with Gasteiger partial charge in [0.15, 0.2) is 0 Å². The monoisotopic (exact) mass is 623 g/mol. The van der Waals surface area contributed by atoms with Crippen molar-refractivity contribution in [3.8, 4) is 33.4 Å². The van der Waals surface area contributed by atoms with Crippen LogP contribution in [0.2, 0.25) is 0 Å². The van der Waals surface area contributed by atoms with Crippen molar-refractivity contribution < 1.29 is 0 Å². The zero-order valence-corrected chi connectivity index (χ0v) is 27.1. The molecule has 8 aromatic carbocycles. The Morgan fingerprint density at radius 3 is 1.39 bits per heavy atom. The summed E-state index contributed by atoms with van der Waals surface area (Å²) >= 11 is 0. The number of nitrogens with zero attached hydrogens (tertiary/aromatic N) is 1. The Labute approximate surface area is 287 Å². The van der Waals surface area contributed by atoms with Crippen molar-refractivity contribution in [3.05, 3.63) is 216 Å². The van der Waals surface area contributed by atoms with Gasteiger partial charge in [-0.3, -0.25) is 0 Å². The fourth-order valence-corrected chi connectivity index (χ4v) is 8.65. The molecule has 10 rings (SSSR count). The van der Waals surface area contributed by atoms with E-state index in [-0.39, 0.29) is 0 Å². The lowest BCUT2D eigenvalue weighted by atomic mass is 9.65. The molecule has 0 amide bonds. The van der Waals surface area contributed by atoms with Gasteiger partial charge in [-0.15, -0.1) is 0 Å². The van der Waals surface area contributed by atoms with Crippen LogP contribution in [0.1, 0.15) is 27.8 Å². The maximum Gasteiger partial charge on any atom is 0.0725 e. The number of para-hydroxylation sites is 2. The summed E-state index contributed by atoms with van der Waals surface area (Å²) in [5, 5.41) is 2.54. The van der Waals surface area contributed by atoms with Crippen molar-refractivity contribution in [1.82, 2.24) is 0 Å². The van der Waals surface area contributed by atoms with Crippen LogP contribution >= 0.6 is 0 Å². The molecule has 0 radical (unpaired) electrons. The quantitative estimate of drug-likeness (QED) is 0.189. The first kappa shape index (κ1) is 27.9. The van der Waals surface area contributed by atoms with Gasteiger partial charge < -0.3 is 4.90 Å². The van der Waals surface area contributed by atoms with Crippen molar-refractivity contribution in [2.45, 2.75) is 12.0 Å². The summed E-state index contributed by atoms with van der Waals surface area (Å²) in [4.78, 5) is 2.43. The summed E-state index contributed by atoms with van der Waals surface area (Å²) in [5.74, 6) is 0. The van der Waals surface area contributed by atoms with E-state index < -0.39 is 5.41 Å². The number of rotatable bonds is 4. The molecule has 2 aliphatic carbocycles. The van der Waals surface area contributed by atoms with E-state index in [0.717, 1.165) is 6.54 Å². The molecule has 0 bridgehead atoms. The summed E-state index contributed by atoms with van der Waals surface area (Å²) in [6.07, 6.45) is 0. The van der Waals surface area contributed by atoms with E-state index in [0.29, 0.717) is 0 Å². The molecule has 0 saturated carbocycles. The van der Waals surface area contributed by atoms with Gasteiger partial charge in [-0.2, -0.15) is 0 Å². The minimum Gasteiger partial charge on any atom is -0.337 e. The molecule has 8 aromatic rings. The summed E-state index contributed by atoms with van der Waals surface area (Å²) in [5.41, 5.74) is 16.3. The molecule has 1 atom stereocenters. The van der Waals surface area contributed by atoms with Crippen molar-refractivity contribution in [3.63, 3.8) is 0 Å². The summed E-state index contributed by atoms with van der Waals surface area (Å²) in [7, 11) is 0. The van der Waals surface area contributed by atoms with Crippen LogP contribution in [-0.2, 0) is 12.0 Å². The topological polar surface area (TPSA) is 3.24 Å². The fraction of sp³-hybridized carbons (Fsp3) is 0.0417. The van der Waals surface area contributed by atoms with Crippen LogP contribution in [0.15, 0.2) is 188 Å². The van der Waals surface area contributed by atoms with E-state index >= 15 is 0 Å². The normalized spacial score (nSPS) is 15.1. The molecule has 1 heteroatoms. The first-order valence-electron chi connectivity index (χ1n) is 17.1. The molecular formula is C48H33N. The fourth-order valence-electron chi connectivity index (χ4n) is 8.65. The third-order valence-corrected chi connectivity index (χ3v) is 10.7. The van der Waals surface area contributed by atoms with Crippen LogP contribution < -0.4 is 4.90 Å². The van der Waals surface area contributed by atoms with E-state index in [1.165, 1.54) is 83.3 Å². The van der Waals surface area contributed by atoms with E-state index in [2.05, 4.69) is 193 Å². The molecule has 0 saturated heterocycles. The third kappa shape index (κ3) is 4.12. The lowest BCUT2D eigenvalue weighted by Gasteiger charge is -2.36. The standard InChI is InChI=1S/C48H33N/c1-3-17-36(18-4-1)49(37-19-5-2-6-20-37)32-33-27-28-42-39-22-10-9-21-38(39)40-23-11-13-25-44(40)48(46(42)29-33)45-26-14-12-24-41(45)43-30-34-15-7-8-16-35(34)31-47(43)48/h1-31H,32H2. The van der Waals surface area contributed by atoms with E-state index in [1.807, 2.05) is 0 Å². The van der Waals surface area contributed by atoms with Crippen LogP contribution in [0.3, 0.4) is 0 Å². The molecule has 0 heterocycles. The lowest BCUT2D eigenvalue weighted by molar-refractivity contribution is 0.773. The van der Waals surface area contributed by atoms with Crippen LogP contribution in [0.4, 0.5) is 11.4 Å². The Balaban J connectivity index is 1.31. The van der Waals surface area contributed by atoms with Crippen molar-refractivity contribution in [1.29, 1.82) is 0 Å². The maximum atomic E-state index is 2.52. The highest BCUT2D eigenvalue weighted by atomic mass is 15.1. The van der Waals surface area contributed by atoms with Gasteiger partial charge in [-0.25, -0.2) is 0 Å². The second-order valence-corrected chi connectivity index (χ2v) is 13.3. The Hall–Kier alpha value is -6.18. The highest BCUT2D eigenvalue weighted by Gasteiger charge is 2.49. The molecule has 1 spiro atoms. The number of benzene rings is 8. The molecule has 1 unspecified atom stereocenters. The number of hydrogen-bond donors (Lipinski definition) is 0. The van der Waals surface area contributed by atoms with Crippen molar-refractivity contribution in [2.24, 2.45) is 0 Å². The van der Waals surface area contributed by atoms with Crippen LogP contribution in [0.5, 0.6) is 0 Å². The number of hydrogen-bond acceptors (Lipinski definition) is 1. The summed E-state index contributed by atoms with van der Waals surface area (Å²) in [6, 6.07) is 69.8. The average molecular weight is 624 g/mol. The van der Waals surface area contributed by atoms with E-state index in [1.54, 1.807) is 0 Å². The minimum atomic E-state index is -0.513. The van der Waals surface area contributed by atoms with Crippen molar-refractivity contribution >= 4 is 22.1 Å². The smallest absolute Gasteiger partial charge is 0.0725 e. The molecule has 49 heavy (non-hydrogen) atoms. The zero-order chi connectivity index (χ0) is 32.4. The van der Waals surface area contributed by atoms with Gasteiger partial charge >= 0.3 is 0 Å². The van der Waals surface area contributed by atoms with Gasteiger partial charge in [-0.1, -0.05) is 152 Å². The third-order valence-electron chi connectivity index (χ3n) is 10.7. The maximum absolute atomic E-state index is 2.52. The van der Waals surface area contributed by atoms with Gasteiger partial charge in [0.05, 0.1) is 5.41 Å². The molecule has 0 N–H and O–H groups in total. The molecular weight excluding hydrogens is 591 g/mol. The van der Waals surface area contributed by atoms with Gasteiger partial charge in [0.1, 0.15) is 0 Å². The predicted octanol–water partition coefficient (Wildman–Crippen LogP) is 12.2. The van der Waals surface area contributed by atoms with Crippen molar-refractivity contribution in [2.75, 3.05) is 4.90 Å². The number of fused-ring (bicyclic) bond motifs is 13. The SMILES string of the molecule is c1ccc(N(Cc2ccc3c(c2)C2(c4ccccc4-c4ccccc4-3)c3ccccc3-c3cc4ccccc4cc32)c2ccccc2)cc1. The van der Waals surface area contributed by atoms with Crippen LogP contribution in [0, 0.1) is 0 Å². The first-order chi connectivity index (χ1) is 24.3. The minimum absolute atomic E-state index is 0.513. The molecule has 2 aliphatic rings. The van der Waals surface area contributed by atoms with Crippen LogP contribution in [-0.4, -0.2) is 0 Å². The second-order valence-electron chi connectivity index (χ2n) is 13.3. The first-order valence-corrected chi connectivity index (χ1v) is 17.1. The molecule has 1 nitrogen and oxygen atoms in total. The highest BCUT2D eigenvalue weighted by Crippen LogP contribution is 2.62. The van der Waals surface area contributed by atoms with E-state index in [4.69, 9.17) is 0 Å². The summed E-state index contributed by atoms with van der Waals surface area (Å²) < 4.78 is 0. The summed E-state index contributed by atoms with van der Waals surface area (Å²) in [6.45, 7) is 0.743. The number of anilines is 2.